The number of nitrogens with one attached hydrogen (secondary N) is 2. The van der Waals surface area contributed by atoms with Crippen LogP contribution in [-0.2, 0) is 4.79 Å². The molecule has 26 heavy (non-hydrogen) atoms. The van der Waals surface area contributed by atoms with Crippen molar-refractivity contribution in [1.29, 1.82) is 0 Å². The first kappa shape index (κ1) is 19.3. The molecule has 0 aromatic heterocycles. The number of carbonyl (C=O) groups excluding carboxylic acids is 3. The first-order valence-electron chi connectivity index (χ1n) is 7.72. The van der Waals surface area contributed by atoms with Crippen molar-refractivity contribution in [1.82, 2.24) is 4.90 Å². The van der Waals surface area contributed by atoms with Crippen molar-refractivity contribution in [2.45, 2.75) is 0 Å². The molecule has 0 saturated heterocycles. The van der Waals surface area contributed by atoms with Crippen LogP contribution in [0, 0.1) is 0 Å². The van der Waals surface area contributed by atoms with E-state index in [1.807, 2.05) is 0 Å². The second-order valence-electron chi connectivity index (χ2n) is 5.74. The molecule has 2 aromatic rings. The Morgan fingerprint density at radius 3 is 2.19 bits per heavy atom. The van der Waals surface area contributed by atoms with Gasteiger partial charge >= 0.3 is 0 Å². The van der Waals surface area contributed by atoms with E-state index >= 15 is 0 Å². The van der Waals surface area contributed by atoms with Gasteiger partial charge in [0.05, 0.1) is 17.1 Å². The Morgan fingerprint density at radius 1 is 1.04 bits per heavy atom. The van der Waals surface area contributed by atoms with Crippen LogP contribution in [0.5, 0.6) is 0 Å². The highest BCUT2D eigenvalue weighted by atomic mass is 35.5. The molecule has 2 aromatic carbocycles. The molecular weight excluding hydrogens is 356 g/mol. The van der Waals surface area contributed by atoms with Gasteiger partial charge in [0, 0.05) is 31.0 Å². The number of nitrogens with zero attached hydrogens (tertiary/aromatic N) is 1. The third-order valence-electron chi connectivity index (χ3n) is 3.51. The molecule has 0 aliphatic carbocycles. The molecular formula is C18H19ClN4O3. The fourth-order valence-corrected chi connectivity index (χ4v) is 2.44. The molecule has 8 heteroatoms. The quantitative estimate of drug-likeness (QED) is 0.720. The Bertz CT molecular complexity index is 835. The van der Waals surface area contributed by atoms with E-state index in [4.69, 9.17) is 17.3 Å². The Kier molecular flexibility index (Phi) is 6.19. The van der Waals surface area contributed by atoms with Gasteiger partial charge in [0.1, 0.15) is 0 Å². The number of hydrogen-bond donors (Lipinski definition) is 3. The van der Waals surface area contributed by atoms with Gasteiger partial charge in [-0.25, -0.2) is 0 Å². The number of carbonyl (C=O) groups is 3. The number of primary amides is 1. The Balaban J connectivity index is 1.92. The third-order valence-corrected chi connectivity index (χ3v) is 3.82. The third kappa shape index (κ3) is 4.97. The maximum absolute atomic E-state index is 12.0. The van der Waals surface area contributed by atoms with Crippen molar-refractivity contribution in [3.05, 3.63) is 58.6 Å². The van der Waals surface area contributed by atoms with Gasteiger partial charge in [-0.05, 0) is 42.5 Å². The molecule has 0 atom stereocenters. The molecule has 0 heterocycles. The Labute approximate surface area is 156 Å². The predicted molar refractivity (Wildman–Crippen MR) is 102 cm³/mol. The molecule has 0 bridgehead atoms. The Morgan fingerprint density at radius 2 is 1.65 bits per heavy atom. The summed E-state index contributed by atoms with van der Waals surface area (Å²) in [5.41, 5.74) is 7.10. The minimum Gasteiger partial charge on any atom is -0.376 e. The molecule has 2 rings (SSSR count). The highest BCUT2D eigenvalue weighted by Crippen LogP contribution is 2.20. The lowest BCUT2D eigenvalue weighted by atomic mass is 10.2. The van der Waals surface area contributed by atoms with Gasteiger partial charge in [0.15, 0.2) is 0 Å². The number of nitrogens with two attached hydrogens (primary N) is 1. The normalized spacial score (nSPS) is 10.1. The minimum absolute atomic E-state index is 0.00459. The van der Waals surface area contributed by atoms with E-state index in [2.05, 4.69) is 10.6 Å². The maximum Gasteiger partial charge on any atom is 0.253 e. The van der Waals surface area contributed by atoms with Gasteiger partial charge in [-0.1, -0.05) is 11.6 Å². The summed E-state index contributed by atoms with van der Waals surface area (Å²) < 4.78 is 0. The number of amides is 3. The molecule has 0 saturated carbocycles. The van der Waals surface area contributed by atoms with E-state index in [9.17, 15) is 14.4 Å². The lowest BCUT2D eigenvalue weighted by Gasteiger charge is -2.11. The van der Waals surface area contributed by atoms with Crippen LogP contribution in [0.4, 0.5) is 11.4 Å². The first-order chi connectivity index (χ1) is 12.3. The van der Waals surface area contributed by atoms with Crippen LogP contribution in [0.1, 0.15) is 20.7 Å². The molecule has 3 amide bonds. The Hall–Kier alpha value is -3.06. The van der Waals surface area contributed by atoms with Crippen molar-refractivity contribution in [2.75, 3.05) is 31.3 Å². The van der Waals surface area contributed by atoms with Crippen molar-refractivity contribution in [2.24, 2.45) is 5.73 Å². The van der Waals surface area contributed by atoms with Gasteiger partial charge in [-0.3, -0.25) is 14.4 Å². The second-order valence-corrected chi connectivity index (χ2v) is 6.14. The van der Waals surface area contributed by atoms with Crippen LogP contribution >= 0.6 is 11.6 Å². The van der Waals surface area contributed by atoms with Crippen molar-refractivity contribution >= 4 is 40.7 Å². The SMILES string of the molecule is CN(C)C(=O)c1ccc(NC(=O)CNc2ccc(C(N)=O)c(Cl)c2)cc1. The molecule has 0 aliphatic heterocycles. The zero-order valence-electron chi connectivity index (χ0n) is 14.4. The summed E-state index contributed by atoms with van der Waals surface area (Å²) in [5.74, 6) is -0.997. The predicted octanol–water partition coefficient (Wildman–Crippen LogP) is 2.19. The first-order valence-corrected chi connectivity index (χ1v) is 8.10. The lowest BCUT2D eigenvalue weighted by Crippen LogP contribution is -2.23. The smallest absolute Gasteiger partial charge is 0.253 e. The zero-order valence-corrected chi connectivity index (χ0v) is 15.1. The van der Waals surface area contributed by atoms with Crippen LogP contribution in [-0.4, -0.2) is 43.3 Å². The minimum atomic E-state index is -0.615. The van der Waals surface area contributed by atoms with E-state index in [0.29, 0.717) is 16.9 Å². The van der Waals surface area contributed by atoms with Gasteiger partial charge < -0.3 is 21.3 Å². The number of anilines is 2. The van der Waals surface area contributed by atoms with Crippen LogP contribution in [0.25, 0.3) is 0 Å². The van der Waals surface area contributed by atoms with Gasteiger partial charge in [-0.15, -0.1) is 0 Å². The average Bonchev–Trinajstić information content (AvgIpc) is 2.59. The summed E-state index contributed by atoms with van der Waals surface area (Å²) in [4.78, 5) is 36.5. The van der Waals surface area contributed by atoms with E-state index in [-0.39, 0.29) is 28.9 Å². The van der Waals surface area contributed by atoms with Crippen molar-refractivity contribution in [3.8, 4) is 0 Å². The lowest BCUT2D eigenvalue weighted by molar-refractivity contribution is -0.114. The molecule has 0 fully saturated rings. The molecule has 0 aliphatic rings. The fraction of sp³-hybridized carbons (Fsp3) is 0.167. The number of rotatable bonds is 6. The van der Waals surface area contributed by atoms with Gasteiger partial charge in [0.2, 0.25) is 11.8 Å². The van der Waals surface area contributed by atoms with Gasteiger partial charge in [-0.2, -0.15) is 0 Å². The van der Waals surface area contributed by atoms with Crippen LogP contribution < -0.4 is 16.4 Å². The van der Waals surface area contributed by atoms with E-state index in [1.54, 1.807) is 44.4 Å². The maximum atomic E-state index is 12.0. The van der Waals surface area contributed by atoms with Crippen LogP contribution in [0.15, 0.2) is 42.5 Å². The molecule has 0 radical (unpaired) electrons. The van der Waals surface area contributed by atoms with E-state index in [1.165, 1.54) is 17.0 Å². The highest BCUT2D eigenvalue weighted by molar-refractivity contribution is 6.34. The fourth-order valence-electron chi connectivity index (χ4n) is 2.17. The summed E-state index contributed by atoms with van der Waals surface area (Å²) >= 11 is 5.96. The topological polar surface area (TPSA) is 105 Å². The van der Waals surface area contributed by atoms with Crippen molar-refractivity contribution in [3.63, 3.8) is 0 Å². The molecule has 136 valence electrons. The van der Waals surface area contributed by atoms with Crippen LogP contribution in [0.2, 0.25) is 5.02 Å². The standard InChI is InChI=1S/C18H19ClN4O3/c1-23(2)18(26)11-3-5-12(6-4-11)22-16(24)10-21-13-7-8-14(17(20)25)15(19)9-13/h3-9,21H,10H2,1-2H3,(H2,20,25)(H,22,24). The summed E-state index contributed by atoms with van der Waals surface area (Å²) in [5, 5.41) is 5.84. The number of benzene rings is 2. The summed E-state index contributed by atoms with van der Waals surface area (Å²) in [6.07, 6.45) is 0. The summed E-state index contributed by atoms with van der Waals surface area (Å²) in [6, 6.07) is 11.2. The molecule has 0 unspecified atom stereocenters. The highest BCUT2D eigenvalue weighted by Gasteiger charge is 2.10. The van der Waals surface area contributed by atoms with Gasteiger partial charge in [0.25, 0.3) is 5.91 Å². The molecule has 4 N–H and O–H groups in total. The second kappa shape index (κ2) is 8.35. The van der Waals surface area contributed by atoms with E-state index < -0.39 is 5.91 Å². The summed E-state index contributed by atoms with van der Waals surface area (Å²) in [7, 11) is 3.35. The zero-order chi connectivity index (χ0) is 19.3. The monoisotopic (exact) mass is 374 g/mol. The molecule has 7 nitrogen and oxygen atoms in total. The number of hydrogen-bond acceptors (Lipinski definition) is 4. The number of halogens is 1. The molecule has 0 spiro atoms. The average molecular weight is 375 g/mol. The summed E-state index contributed by atoms with van der Waals surface area (Å²) in [6.45, 7) is 0.00459. The van der Waals surface area contributed by atoms with E-state index in [0.717, 1.165) is 0 Å². The van der Waals surface area contributed by atoms with Crippen molar-refractivity contribution < 1.29 is 14.4 Å². The van der Waals surface area contributed by atoms with Crippen LogP contribution in [0.3, 0.4) is 0 Å². The largest absolute Gasteiger partial charge is 0.376 e.